The molecule has 0 amide bonds. The Bertz CT molecular complexity index is 1330. The molecule has 9 nitrogen and oxygen atoms in total. The normalized spacial score (nSPS) is 11.9. The van der Waals surface area contributed by atoms with Crippen LogP contribution < -0.4 is 10.5 Å². The maximum atomic E-state index is 12.6. The minimum Gasteiger partial charge on any atom is -0.408 e. The van der Waals surface area contributed by atoms with E-state index in [0.29, 0.717) is 28.8 Å². The highest BCUT2D eigenvalue weighted by Gasteiger charge is 2.17. The van der Waals surface area contributed by atoms with Crippen LogP contribution in [-0.2, 0) is 16.6 Å². The number of oxazole rings is 1. The first-order chi connectivity index (χ1) is 14.5. The molecular formula is C19H19N5O4S2. The molecule has 0 aliphatic heterocycles. The predicted molar refractivity (Wildman–Crippen MR) is 114 cm³/mol. The standard InChI is InChI=1S/C19H19N5O4S2/c1-2-24-15-9-8-14(12-16(15)28-19(24)25)30(26,27)20-10-11-29-18-21-17(22-23-18)13-6-4-3-5-7-13/h3-9,12,20H,2,10-11H2,1H3,(H,21,22,23). The van der Waals surface area contributed by atoms with Crippen LogP contribution in [0.25, 0.3) is 22.5 Å². The third-order valence-corrected chi connectivity index (χ3v) is 6.71. The Kier molecular flexibility index (Phi) is 5.75. The Morgan fingerprint density at radius 3 is 2.77 bits per heavy atom. The monoisotopic (exact) mass is 445 g/mol. The Hall–Kier alpha value is -2.89. The Labute approximate surface area is 176 Å². The van der Waals surface area contributed by atoms with E-state index in [1.165, 1.54) is 28.5 Å². The number of aromatic nitrogens is 4. The molecule has 2 N–H and O–H groups in total. The Morgan fingerprint density at radius 2 is 2.00 bits per heavy atom. The van der Waals surface area contributed by atoms with E-state index < -0.39 is 15.8 Å². The van der Waals surface area contributed by atoms with Gasteiger partial charge >= 0.3 is 5.76 Å². The number of fused-ring (bicyclic) bond motifs is 1. The number of sulfonamides is 1. The summed E-state index contributed by atoms with van der Waals surface area (Å²) in [5, 5.41) is 7.56. The van der Waals surface area contributed by atoms with E-state index in [9.17, 15) is 13.2 Å². The molecular weight excluding hydrogens is 426 g/mol. The number of aromatic amines is 1. The lowest BCUT2D eigenvalue weighted by Gasteiger charge is -2.06. The number of benzene rings is 2. The second-order valence-corrected chi connectivity index (χ2v) is 9.15. The van der Waals surface area contributed by atoms with Gasteiger partial charge in [0.15, 0.2) is 11.4 Å². The molecule has 0 fully saturated rings. The molecule has 0 atom stereocenters. The number of nitrogens with one attached hydrogen (secondary N) is 2. The van der Waals surface area contributed by atoms with Crippen molar-refractivity contribution in [3.8, 4) is 11.4 Å². The number of hydrogen-bond donors (Lipinski definition) is 2. The van der Waals surface area contributed by atoms with Gasteiger partial charge in [-0.25, -0.2) is 22.9 Å². The largest absolute Gasteiger partial charge is 0.419 e. The van der Waals surface area contributed by atoms with Crippen molar-refractivity contribution in [2.45, 2.75) is 23.5 Å². The fourth-order valence-electron chi connectivity index (χ4n) is 2.95. The smallest absolute Gasteiger partial charge is 0.408 e. The number of hydrogen-bond acceptors (Lipinski definition) is 7. The third kappa shape index (κ3) is 4.18. The molecule has 0 saturated heterocycles. The summed E-state index contributed by atoms with van der Waals surface area (Å²) in [6.07, 6.45) is 0. The second-order valence-electron chi connectivity index (χ2n) is 6.32. The lowest BCUT2D eigenvalue weighted by molar-refractivity contribution is 0.512. The van der Waals surface area contributed by atoms with Gasteiger partial charge in [-0.1, -0.05) is 42.1 Å². The van der Waals surface area contributed by atoms with E-state index >= 15 is 0 Å². The van der Waals surface area contributed by atoms with Gasteiger partial charge in [0.05, 0.1) is 10.4 Å². The second kappa shape index (κ2) is 8.46. The van der Waals surface area contributed by atoms with E-state index in [1.54, 1.807) is 6.07 Å². The van der Waals surface area contributed by atoms with Crippen LogP contribution in [-0.4, -0.2) is 40.5 Å². The lowest BCUT2D eigenvalue weighted by Crippen LogP contribution is -2.26. The lowest BCUT2D eigenvalue weighted by atomic mass is 10.2. The van der Waals surface area contributed by atoms with Crippen molar-refractivity contribution >= 4 is 32.9 Å². The zero-order valence-corrected chi connectivity index (χ0v) is 17.7. The summed E-state index contributed by atoms with van der Waals surface area (Å²) in [5.74, 6) is 0.606. The topological polar surface area (TPSA) is 123 Å². The molecule has 0 radical (unpaired) electrons. The SMILES string of the molecule is CCn1c(=O)oc2cc(S(=O)(=O)NCCSc3n[nH]c(-c4ccccc4)n3)ccc21. The molecule has 2 aromatic heterocycles. The van der Waals surface area contributed by atoms with Crippen LogP contribution in [0.4, 0.5) is 0 Å². The molecule has 2 aromatic carbocycles. The van der Waals surface area contributed by atoms with E-state index in [0.717, 1.165) is 5.56 Å². The average Bonchev–Trinajstić information content (AvgIpc) is 3.34. The van der Waals surface area contributed by atoms with Gasteiger partial charge in [0, 0.05) is 30.5 Å². The van der Waals surface area contributed by atoms with E-state index in [1.807, 2.05) is 37.3 Å². The van der Waals surface area contributed by atoms with Crippen LogP contribution in [0, 0.1) is 0 Å². The van der Waals surface area contributed by atoms with Crippen LogP contribution >= 0.6 is 11.8 Å². The molecule has 0 aliphatic rings. The summed E-state index contributed by atoms with van der Waals surface area (Å²) >= 11 is 1.34. The molecule has 156 valence electrons. The highest BCUT2D eigenvalue weighted by Crippen LogP contribution is 2.20. The first-order valence-corrected chi connectivity index (χ1v) is 11.7. The summed E-state index contributed by atoms with van der Waals surface area (Å²) in [6, 6.07) is 14.0. The van der Waals surface area contributed by atoms with Gasteiger partial charge < -0.3 is 4.42 Å². The molecule has 4 aromatic rings. The van der Waals surface area contributed by atoms with Crippen molar-refractivity contribution in [1.82, 2.24) is 24.5 Å². The number of nitrogens with zero attached hydrogens (tertiary/aromatic N) is 3. The summed E-state index contributed by atoms with van der Waals surface area (Å²) in [4.78, 5) is 16.2. The fourth-order valence-corrected chi connectivity index (χ4v) is 4.78. The molecule has 0 spiro atoms. The van der Waals surface area contributed by atoms with Crippen molar-refractivity contribution < 1.29 is 12.8 Å². The Balaban J connectivity index is 1.37. The third-order valence-electron chi connectivity index (χ3n) is 4.40. The van der Waals surface area contributed by atoms with Gasteiger partial charge in [-0.2, -0.15) is 0 Å². The van der Waals surface area contributed by atoms with Gasteiger partial charge in [-0.05, 0) is 19.1 Å². The van der Waals surface area contributed by atoms with Crippen LogP contribution in [0.3, 0.4) is 0 Å². The molecule has 0 unspecified atom stereocenters. The van der Waals surface area contributed by atoms with Crippen molar-refractivity contribution in [3.05, 3.63) is 59.1 Å². The average molecular weight is 446 g/mol. The van der Waals surface area contributed by atoms with Crippen molar-refractivity contribution in [3.63, 3.8) is 0 Å². The number of rotatable bonds is 8. The molecule has 0 saturated carbocycles. The molecule has 0 bridgehead atoms. The minimum atomic E-state index is -3.74. The highest BCUT2D eigenvalue weighted by atomic mass is 32.2. The summed E-state index contributed by atoms with van der Waals surface area (Å²) in [5.41, 5.74) is 1.74. The highest BCUT2D eigenvalue weighted by molar-refractivity contribution is 7.99. The minimum absolute atomic E-state index is 0.0428. The number of thioether (sulfide) groups is 1. The molecule has 11 heteroatoms. The fraction of sp³-hybridized carbons (Fsp3) is 0.211. The zero-order chi connectivity index (χ0) is 21.1. The van der Waals surface area contributed by atoms with Crippen molar-refractivity contribution in [1.29, 1.82) is 0 Å². The summed E-state index contributed by atoms with van der Waals surface area (Å²) in [6.45, 7) is 2.46. The maximum Gasteiger partial charge on any atom is 0.419 e. The van der Waals surface area contributed by atoms with Crippen LogP contribution in [0.15, 0.2) is 67.8 Å². The van der Waals surface area contributed by atoms with E-state index in [2.05, 4.69) is 19.9 Å². The van der Waals surface area contributed by atoms with Gasteiger partial charge in [-0.3, -0.25) is 9.67 Å². The zero-order valence-electron chi connectivity index (χ0n) is 16.0. The summed E-state index contributed by atoms with van der Waals surface area (Å²) < 4.78 is 34.2. The van der Waals surface area contributed by atoms with E-state index in [4.69, 9.17) is 4.42 Å². The first kappa shape index (κ1) is 20.4. The van der Waals surface area contributed by atoms with Gasteiger partial charge in [0.1, 0.15) is 0 Å². The van der Waals surface area contributed by atoms with Gasteiger partial charge in [-0.15, -0.1) is 5.10 Å². The molecule has 0 aliphatic carbocycles. The maximum absolute atomic E-state index is 12.6. The molecule has 30 heavy (non-hydrogen) atoms. The van der Waals surface area contributed by atoms with Crippen LogP contribution in [0.2, 0.25) is 0 Å². The van der Waals surface area contributed by atoms with Crippen LogP contribution in [0.1, 0.15) is 6.92 Å². The van der Waals surface area contributed by atoms with Gasteiger partial charge in [0.25, 0.3) is 0 Å². The number of H-pyrrole nitrogens is 1. The summed E-state index contributed by atoms with van der Waals surface area (Å²) in [7, 11) is -3.74. The predicted octanol–water partition coefficient (Wildman–Crippen LogP) is 2.47. The van der Waals surface area contributed by atoms with Gasteiger partial charge in [0.2, 0.25) is 15.2 Å². The first-order valence-electron chi connectivity index (χ1n) is 9.21. The van der Waals surface area contributed by atoms with Crippen LogP contribution in [0.5, 0.6) is 0 Å². The van der Waals surface area contributed by atoms with Crippen molar-refractivity contribution in [2.24, 2.45) is 0 Å². The number of aryl methyl sites for hydroxylation is 1. The van der Waals surface area contributed by atoms with E-state index in [-0.39, 0.29) is 17.0 Å². The quantitative estimate of drug-likeness (QED) is 0.315. The molecule has 4 rings (SSSR count). The molecule has 2 heterocycles. The van der Waals surface area contributed by atoms with Crippen molar-refractivity contribution in [2.75, 3.05) is 12.3 Å². The Morgan fingerprint density at radius 1 is 1.20 bits per heavy atom.